The van der Waals surface area contributed by atoms with Crippen molar-refractivity contribution in [2.24, 2.45) is 0 Å². The third-order valence-corrected chi connectivity index (χ3v) is 16.3. The molecule has 0 spiro atoms. The molecule has 0 unspecified atom stereocenters. The molecule has 4 amide bonds. The molecule has 0 atom stereocenters. The molecule has 0 saturated carbocycles. The highest BCUT2D eigenvalue weighted by Gasteiger charge is 2.31. The van der Waals surface area contributed by atoms with E-state index in [0.29, 0.717) is 68.9 Å². The minimum Gasteiger partial charge on any atom is -0.484 e. The Kier molecular flexibility index (Phi) is 27.6. The number of H-pyrrole nitrogens is 4. The van der Waals surface area contributed by atoms with Gasteiger partial charge in [0.25, 0.3) is 23.6 Å². The van der Waals surface area contributed by atoms with Crippen LogP contribution in [0.25, 0.3) is 44.1 Å². The highest BCUT2D eigenvalue weighted by Crippen LogP contribution is 2.27. The molecule has 25 heteroatoms. The lowest BCUT2D eigenvalue weighted by Gasteiger charge is -2.11. The molecule has 109 heavy (non-hydrogen) atoms. The van der Waals surface area contributed by atoms with Crippen LogP contribution in [0, 0.1) is 11.3 Å². The molecule has 4 heterocycles. The van der Waals surface area contributed by atoms with Crippen LogP contribution in [0.2, 0.25) is 0 Å². The van der Waals surface area contributed by atoms with Crippen molar-refractivity contribution in [3.8, 4) is 34.8 Å². The molecule has 0 saturated heterocycles. The first-order valence-corrected chi connectivity index (χ1v) is 35.1. The monoisotopic (exact) mass is 1470 g/mol. The summed E-state index contributed by atoms with van der Waals surface area (Å²) in [5, 5.41) is 20.0. The number of nitriles is 1. The van der Waals surface area contributed by atoms with E-state index in [9.17, 15) is 32.3 Å². The van der Waals surface area contributed by atoms with Gasteiger partial charge in [-0.2, -0.15) is 5.26 Å². The highest BCUT2D eigenvalue weighted by atomic mass is 19.4. The lowest BCUT2D eigenvalue weighted by molar-refractivity contribution is -0.274. The van der Waals surface area contributed by atoms with Crippen molar-refractivity contribution in [1.82, 2.24) is 61.1 Å². The van der Waals surface area contributed by atoms with Crippen LogP contribution in [0.15, 0.2) is 255 Å². The van der Waals surface area contributed by atoms with Gasteiger partial charge >= 0.3 is 6.36 Å². The summed E-state index contributed by atoms with van der Waals surface area (Å²) in [6, 6.07) is 81.1. The van der Waals surface area contributed by atoms with Gasteiger partial charge in [-0.1, -0.05) is 152 Å². The van der Waals surface area contributed by atoms with Crippen molar-refractivity contribution >= 4 is 67.8 Å². The van der Waals surface area contributed by atoms with Crippen molar-refractivity contribution in [2.45, 2.75) is 44.9 Å². The lowest BCUT2D eigenvalue weighted by atomic mass is 10.0. The fourth-order valence-corrected chi connectivity index (χ4v) is 11.1. The minimum absolute atomic E-state index is 0.00182. The number of aromatic amines is 4. The van der Waals surface area contributed by atoms with Crippen LogP contribution >= 0.6 is 0 Å². The van der Waals surface area contributed by atoms with Gasteiger partial charge in [0.2, 0.25) is 0 Å². The Hall–Kier alpha value is -13.8. The van der Waals surface area contributed by atoms with Crippen molar-refractivity contribution in [1.29, 1.82) is 5.26 Å². The van der Waals surface area contributed by atoms with Gasteiger partial charge in [-0.05, 0) is 126 Å². The van der Waals surface area contributed by atoms with Gasteiger partial charge in [0.15, 0.2) is 26.4 Å². The Bertz CT molecular complexity index is 5160. The largest absolute Gasteiger partial charge is 0.573 e. The molecule has 14 rings (SSSR count). The van der Waals surface area contributed by atoms with Crippen molar-refractivity contribution in [3.63, 3.8) is 0 Å². The number of nitrogens with one attached hydrogen (secondary N) is 8. The number of benzene rings is 10. The fourth-order valence-electron chi connectivity index (χ4n) is 11.1. The number of carbonyl (C=O) groups is 4. The lowest BCUT2D eigenvalue weighted by Crippen LogP contribution is -2.30. The minimum atomic E-state index is -4.79. The van der Waals surface area contributed by atoms with Crippen molar-refractivity contribution in [2.75, 3.05) is 52.6 Å². The van der Waals surface area contributed by atoms with Crippen LogP contribution in [0.5, 0.6) is 28.7 Å². The zero-order valence-corrected chi connectivity index (χ0v) is 59.2. The summed E-state index contributed by atoms with van der Waals surface area (Å²) in [5.74, 6) is 4.02. The normalized spacial score (nSPS) is 10.8. The summed E-state index contributed by atoms with van der Waals surface area (Å²) >= 11 is 0. The molecule has 0 aliphatic carbocycles. The van der Waals surface area contributed by atoms with Crippen LogP contribution in [0.1, 0.15) is 51.1 Å². The Morgan fingerprint density at radius 1 is 0.358 bits per heavy atom. The molecule has 0 radical (unpaired) electrons. The van der Waals surface area contributed by atoms with E-state index in [-0.39, 0.29) is 49.9 Å². The average Bonchev–Trinajstić information content (AvgIpc) is 1.77. The molecule has 554 valence electrons. The number of hydrogen-bond acceptors (Lipinski definition) is 14. The maximum absolute atomic E-state index is 12.2. The number of amides is 4. The maximum atomic E-state index is 12.2. The number of aromatic nitrogens is 8. The predicted octanol–water partition coefficient (Wildman–Crippen LogP) is 13.2. The number of rotatable bonds is 29. The summed E-state index contributed by atoms with van der Waals surface area (Å²) in [6.45, 7) is 1.42. The van der Waals surface area contributed by atoms with Gasteiger partial charge in [-0.25, -0.2) is 19.9 Å². The van der Waals surface area contributed by atoms with E-state index >= 15 is 0 Å². The first-order chi connectivity index (χ1) is 53.2. The van der Waals surface area contributed by atoms with Crippen LogP contribution in [0.3, 0.4) is 0 Å². The van der Waals surface area contributed by atoms with E-state index < -0.39 is 18.0 Å². The van der Waals surface area contributed by atoms with Crippen LogP contribution < -0.4 is 45.0 Å². The number of para-hydroxylation sites is 9. The maximum Gasteiger partial charge on any atom is 0.573 e. The first-order valence-electron chi connectivity index (χ1n) is 35.1. The van der Waals surface area contributed by atoms with Gasteiger partial charge in [-0.15, -0.1) is 13.2 Å². The number of fused-ring (bicyclic) bond motifs is 4. The molecule has 0 bridgehead atoms. The van der Waals surface area contributed by atoms with Crippen molar-refractivity contribution in [3.05, 3.63) is 306 Å². The fraction of sp³-hybridized carbons (Fsp3) is 0.179. The Morgan fingerprint density at radius 2 is 0.706 bits per heavy atom. The molecule has 10 aromatic carbocycles. The summed E-state index contributed by atoms with van der Waals surface area (Å²) in [6.07, 6.45) is -0.722. The van der Waals surface area contributed by atoms with Gasteiger partial charge in [-0.3, -0.25) is 19.2 Å². The summed E-state index contributed by atoms with van der Waals surface area (Å²) in [7, 11) is 0. The number of halogens is 3. The Balaban J connectivity index is 0.000000145. The predicted molar refractivity (Wildman–Crippen MR) is 409 cm³/mol. The van der Waals surface area contributed by atoms with E-state index in [4.69, 9.17) is 24.2 Å². The molecule has 4 aromatic heterocycles. The molecule has 14 aromatic rings. The molecule has 0 aliphatic rings. The SMILES string of the molecule is N#Cc1cccc(OCC(=O)NCCc2nc3ccccc3[nH]2)c1.O=C(COc1ccc(Cc2ccccc2)cc1)NCCc1nc2ccccc2[nH]1.O=C(COc1cccc(OC(F)(F)F)c1)NCCc1nc2ccccc2[nH]1.O=C(COc1ccccc1Cc1ccccc1)NCCc1nc2ccccc2[nH]1. The summed E-state index contributed by atoms with van der Waals surface area (Å²) in [5.41, 5.74) is 12.8. The van der Waals surface area contributed by atoms with E-state index in [1.165, 1.54) is 28.8 Å². The van der Waals surface area contributed by atoms with E-state index in [2.05, 4.69) is 90.1 Å². The first kappa shape index (κ1) is 76.4. The zero-order valence-electron chi connectivity index (χ0n) is 59.2. The molecule has 0 aliphatic heterocycles. The van der Waals surface area contributed by atoms with E-state index in [1.807, 2.05) is 188 Å². The summed E-state index contributed by atoms with van der Waals surface area (Å²) < 4.78 is 62.3. The molecule has 22 nitrogen and oxygen atoms in total. The number of imidazole rings is 4. The van der Waals surface area contributed by atoms with Crippen LogP contribution in [0.4, 0.5) is 13.2 Å². The second-order valence-electron chi connectivity index (χ2n) is 24.6. The van der Waals surface area contributed by atoms with E-state index in [1.54, 1.807) is 24.3 Å². The Morgan fingerprint density at radius 3 is 1.13 bits per heavy atom. The quantitative estimate of drug-likeness (QED) is 0.0216. The number of carbonyl (C=O) groups excluding carboxylic acids is 4. The number of ether oxygens (including phenoxy) is 5. The Labute approximate surface area is 625 Å². The van der Waals surface area contributed by atoms with Crippen LogP contribution in [-0.2, 0) is 57.7 Å². The van der Waals surface area contributed by atoms with Gasteiger partial charge in [0.1, 0.15) is 52.0 Å². The van der Waals surface area contributed by atoms with Gasteiger partial charge < -0.3 is 64.9 Å². The molecular weight excluding hydrogens is 1390 g/mol. The third-order valence-electron chi connectivity index (χ3n) is 16.3. The third kappa shape index (κ3) is 25.2. The molecular formula is C84H78F3N13O9. The van der Waals surface area contributed by atoms with E-state index in [0.717, 1.165) is 104 Å². The zero-order chi connectivity index (χ0) is 75.8. The number of alkyl halides is 3. The standard InChI is InChI=1S/2C24H23N3O2.C18H16F3N3O3.C18H16N4O2/c28-24(25-15-14-23-26-20-11-5-6-12-21(20)27-23)17-29-22-13-7-4-10-19(22)16-18-8-2-1-3-9-18;28-24(25-15-14-23-26-21-8-4-5-9-22(21)27-23)17-29-20-12-10-19(11-13-20)16-18-6-2-1-3-7-18;19-18(20,21)27-13-5-3-4-12(10-13)26-11-17(25)22-9-8-16-23-14-6-1-2-7-15(14)24-16;19-11-13-4-3-5-14(10-13)24-12-18(23)20-9-8-17-21-15-6-1-2-7-16(15)22-17/h2*1-13H,14-17H2,(H,25,28)(H,26,27);1-7,10H,8-9,11H2,(H,22,25)(H,23,24);1-7,10H,8-9,12H2,(H,20,23)(H,21,22). The second kappa shape index (κ2) is 39.4. The second-order valence-corrected chi connectivity index (χ2v) is 24.6. The average molecular weight is 1470 g/mol. The van der Waals surface area contributed by atoms with Crippen molar-refractivity contribution < 1.29 is 56.0 Å². The highest BCUT2D eigenvalue weighted by molar-refractivity contribution is 5.80. The summed E-state index contributed by atoms with van der Waals surface area (Å²) in [4.78, 5) is 78.6. The number of nitrogens with zero attached hydrogens (tertiary/aromatic N) is 5. The smallest absolute Gasteiger partial charge is 0.484 e. The number of hydrogen-bond donors (Lipinski definition) is 8. The molecule has 8 N–H and O–H groups in total. The van der Waals surface area contributed by atoms with Crippen LogP contribution in [-0.4, -0.2) is 122 Å². The van der Waals surface area contributed by atoms with Gasteiger partial charge in [0, 0.05) is 64.3 Å². The topological polar surface area (TPSA) is 301 Å². The molecule has 0 fully saturated rings. The van der Waals surface area contributed by atoms with Gasteiger partial charge in [0.05, 0.1) is 55.8 Å².